The highest BCUT2D eigenvalue weighted by Crippen LogP contribution is 2.17. The zero-order chi connectivity index (χ0) is 12.3. The van der Waals surface area contributed by atoms with E-state index in [1.807, 2.05) is 12.1 Å². The van der Waals surface area contributed by atoms with Gasteiger partial charge in [-0.15, -0.1) is 0 Å². The van der Waals surface area contributed by atoms with Crippen molar-refractivity contribution >= 4 is 27.5 Å². The average molecular weight is 319 g/mol. The molecule has 0 aromatic heterocycles. The van der Waals surface area contributed by atoms with E-state index in [1.165, 1.54) is 5.56 Å². The Morgan fingerprint density at radius 1 is 1.35 bits per heavy atom. The van der Waals surface area contributed by atoms with E-state index in [2.05, 4.69) is 39.9 Å². The number of halogens is 2. The molecule has 94 valence electrons. The van der Waals surface area contributed by atoms with E-state index in [4.69, 9.17) is 16.3 Å². The third-order valence-electron chi connectivity index (χ3n) is 2.89. The second-order valence-corrected chi connectivity index (χ2v) is 5.63. The van der Waals surface area contributed by atoms with Crippen molar-refractivity contribution in [1.82, 2.24) is 4.90 Å². The molecule has 4 heteroatoms. The average Bonchev–Trinajstić information content (AvgIpc) is 2.31. The second-order valence-electron chi connectivity index (χ2n) is 4.54. The maximum Gasteiger partial charge on any atom is 0.0802 e. The Labute approximate surface area is 116 Å². The highest BCUT2D eigenvalue weighted by Gasteiger charge is 2.24. The maximum absolute atomic E-state index is 5.88. The SMILES string of the molecule is CC1CN(Cc2ccc(Cl)cc2)CC(CBr)O1. The van der Waals surface area contributed by atoms with Gasteiger partial charge in [0, 0.05) is 30.0 Å². The first-order chi connectivity index (χ1) is 8.17. The Balaban J connectivity index is 1.95. The normalized spacial score (nSPS) is 26.1. The third-order valence-corrected chi connectivity index (χ3v) is 3.87. The summed E-state index contributed by atoms with van der Waals surface area (Å²) in [6.07, 6.45) is 0.602. The van der Waals surface area contributed by atoms with Gasteiger partial charge in [-0.2, -0.15) is 0 Å². The van der Waals surface area contributed by atoms with E-state index < -0.39 is 0 Å². The van der Waals surface area contributed by atoms with Crippen molar-refractivity contribution < 1.29 is 4.74 Å². The summed E-state index contributed by atoms with van der Waals surface area (Å²) in [5.41, 5.74) is 1.30. The summed E-state index contributed by atoms with van der Waals surface area (Å²) in [6, 6.07) is 8.07. The molecule has 0 spiro atoms. The second kappa shape index (κ2) is 6.19. The van der Waals surface area contributed by atoms with Crippen LogP contribution in [0, 0.1) is 0 Å². The van der Waals surface area contributed by atoms with Crippen molar-refractivity contribution in [3.05, 3.63) is 34.9 Å². The van der Waals surface area contributed by atoms with Crippen LogP contribution in [0.1, 0.15) is 12.5 Å². The van der Waals surface area contributed by atoms with Crippen molar-refractivity contribution in [1.29, 1.82) is 0 Å². The summed E-state index contributed by atoms with van der Waals surface area (Å²) in [4.78, 5) is 2.43. The molecule has 2 atom stereocenters. The first kappa shape index (κ1) is 13.3. The molecule has 1 heterocycles. The lowest BCUT2D eigenvalue weighted by molar-refractivity contribution is -0.0677. The van der Waals surface area contributed by atoms with E-state index in [-0.39, 0.29) is 0 Å². The van der Waals surface area contributed by atoms with Crippen LogP contribution in [0.25, 0.3) is 0 Å². The van der Waals surface area contributed by atoms with E-state index >= 15 is 0 Å². The van der Waals surface area contributed by atoms with Gasteiger partial charge in [-0.3, -0.25) is 4.90 Å². The molecule has 1 saturated heterocycles. The van der Waals surface area contributed by atoms with Gasteiger partial charge in [0.25, 0.3) is 0 Å². The number of hydrogen-bond donors (Lipinski definition) is 0. The molecule has 1 aromatic rings. The number of nitrogens with zero attached hydrogens (tertiary/aromatic N) is 1. The quantitative estimate of drug-likeness (QED) is 0.793. The molecule has 1 aromatic carbocycles. The van der Waals surface area contributed by atoms with Crippen LogP contribution in [0.3, 0.4) is 0 Å². The molecule has 1 aliphatic heterocycles. The topological polar surface area (TPSA) is 12.5 Å². The van der Waals surface area contributed by atoms with Gasteiger partial charge in [0.1, 0.15) is 0 Å². The summed E-state index contributed by atoms with van der Waals surface area (Å²) in [5, 5.41) is 1.69. The number of alkyl halides is 1. The van der Waals surface area contributed by atoms with E-state index in [9.17, 15) is 0 Å². The lowest BCUT2D eigenvalue weighted by Gasteiger charge is -2.36. The Kier molecular flexibility index (Phi) is 4.86. The van der Waals surface area contributed by atoms with Gasteiger partial charge in [0.15, 0.2) is 0 Å². The molecule has 17 heavy (non-hydrogen) atoms. The van der Waals surface area contributed by atoms with E-state index in [0.717, 1.165) is 30.0 Å². The third kappa shape index (κ3) is 3.95. The van der Waals surface area contributed by atoms with Crippen LogP contribution < -0.4 is 0 Å². The zero-order valence-corrected chi connectivity index (χ0v) is 12.2. The molecule has 1 aliphatic rings. The summed E-state index contributed by atoms with van der Waals surface area (Å²) >= 11 is 9.38. The van der Waals surface area contributed by atoms with Crippen molar-refractivity contribution in [2.24, 2.45) is 0 Å². The number of morpholine rings is 1. The summed E-state index contributed by atoms with van der Waals surface area (Å²) in [7, 11) is 0. The van der Waals surface area contributed by atoms with Gasteiger partial charge >= 0.3 is 0 Å². The predicted octanol–water partition coefficient (Wildman–Crippen LogP) is 3.32. The molecule has 0 bridgehead atoms. The molecular weight excluding hydrogens is 302 g/mol. The molecule has 2 rings (SSSR count). The predicted molar refractivity (Wildman–Crippen MR) is 74.9 cm³/mol. The molecule has 0 saturated carbocycles. The fourth-order valence-electron chi connectivity index (χ4n) is 2.20. The van der Waals surface area contributed by atoms with Crippen LogP contribution in [-0.4, -0.2) is 35.5 Å². The minimum Gasteiger partial charge on any atom is -0.372 e. The maximum atomic E-state index is 5.88. The van der Waals surface area contributed by atoms with E-state index in [0.29, 0.717) is 12.2 Å². The molecule has 1 fully saturated rings. The van der Waals surface area contributed by atoms with Crippen LogP contribution in [0.2, 0.25) is 5.02 Å². The summed E-state index contributed by atoms with van der Waals surface area (Å²) in [6.45, 7) is 5.07. The van der Waals surface area contributed by atoms with Crippen molar-refractivity contribution in [2.75, 3.05) is 18.4 Å². The number of hydrogen-bond acceptors (Lipinski definition) is 2. The molecule has 0 aliphatic carbocycles. The minimum atomic E-state index is 0.297. The number of benzene rings is 1. The molecule has 0 amide bonds. The zero-order valence-electron chi connectivity index (χ0n) is 9.90. The first-order valence-electron chi connectivity index (χ1n) is 5.85. The molecule has 0 N–H and O–H groups in total. The largest absolute Gasteiger partial charge is 0.372 e. The van der Waals surface area contributed by atoms with Gasteiger partial charge in [-0.05, 0) is 24.6 Å². The number of ether oxygens (including phenoxy) is 1. The van der Waals surface area contributed by atoms with Crippen LogP contribution in [0.4, 0.5) is 0 Å². The fourth-order valence-corrected chi connectivity index (χ4v) is 2.69. The summed E-state index contributed by atoms with van der Waals surface area (Å²) in [5.74, 6) is 0. The van der Waals surface area contributed by atoms with Crippen LogP contribution in [0.15, 0.2) is 24.3 Å². The van der Waals surface area contributed by atoms with Crippen LogP contribution >= 0.6 is 27.5 Å². The Bertz CT molecular complexity index is 357. The Hall–Kier alpha value is -0.0900. The monoisotopic (exact) mass is 317 g/mol. The summed E-state index contributed by atoms with van der Waals surface area (Å²) < 4.78 is 5.81. The molecule has 0 radical (unpaired) electrons. The smallest absolute Gasteiger partial charge is 0.0802 e. The Morgan fingerprint density at radius 2 is 2.06 bits per heavy atom. The Morgan fingerprint density at radius 3 is 2.71 bits per heavy atom. The van der Waals surface area contributed by atoms with Gasteiger partial charge in [-0.1, -0.05) is 39.7 Å². The van der Waals surface area contributed by atoms with Crippen LogP contribution in [0.5, 0.6) is 0 Å². The molecule has 2 nitrogen and oxygen atoms in total. The number of rotatable bonds is 3. The standard InChI is InChI=1S/C13H17BrClNO/c1-10-7-16(9-13(6-14)17-10)8-11-2-4-12(15)5-3-11/h2-5,10,13H,6-9H2,1H3. The molecular formula is C13H17BrClNO. The lowest BCUT2D eigenvalue weighted by atomic mass is 10.1. The lowest BCUT2D eigenvalue weighted by Crippen LogP contribution is -2.46. The van der Waals surface area contributed by atoms with Crippen molar-refractivity contribution in [3.8, 4) is 0 Å². The van der Waals surface area contributed by atoms with Gasteiger partial charge in [0.2, 0.25) is 0 Å². The minimum absolute atomic E-state index is 0.297. The van der Waals surface area contributed by atoms with Crippen molar-refractivity contribution in [3.63, 3.8) is 0 Å². The molecule has 2 unspecified atom stereocenters. The highest BCUT2D eigenvalue weighted by molar-refractivity contribution is 9.09. The van der Waals surface area contributed by atoms with Gasteiger partial charge in [-0.25, -0.2) is 0 Å². The van der Waals surface area contributed by atoms with Gasteiger partial charge < -0.3 is 4.74 Å². The first-order valence-corrected chi connectivity index (χ1v) is 7.35. The van der Waals surface area contributed by atoms with E-state index in [1.54, 1.807) is 0 Å². The highest BCUT2D eigenvalue weighted by atomic mass is 79.9. The van der Waals surface area contributed by atoms with Crippen LogP contribution in [-0.2, 0) is 11.3 Å². The van der Waals surface area contributed by atoms with Crippen molar-refractivity contribution in [2.45, 2.75) is 25.7 Å². The fraction of sp³-hybridized carbons (Fsp3) is 0.538. The van der Waals surface area contributed by atoms with Gasteiger partial charge in [0.05, 0.1) is 12.2 Å².